The van der Waals surface area contributed by atoms with E-state index in [1.165, 1.54) is 0 Å². The molecule has 2 heterocycles. The zero-order valence-electron chi connectivity index (χ0n) is 13.0. The number of dihydropyridines is 1. The number of alkyl halides is 3. The minimum atomic E-state index is -4.36. The van der Waals surface area contributed by atoms with E-state index in [0.29, 0.717) is 29.4 Å². The topological polar surface area (TPSA) is 71.7 Å². The van der Waals surface area contributed by atoms with Crippen LogP contribution in [0.3, 0.4) is 0 Å². The predicted octanol–water partition coefficient (Wildman–Crippen LogP) is 2.29. The van der Waals surface area contributed by atoms with E-state index in [4.69, 9.17) is 22.1 Å². The Kier molecular flexibility index (Phi) is 5.95. The monoisotopic (exact) mass is 362 g/mol. The molecule has 5 nitrogen and oxygen atoms in total. The number of aliphatic imine (C=N–C) groups is 1. The van der Waals surface area contributed by atoms with Gasteiger partial charge in [-0.3, -0.25) is 0 Å². The first-order valence-corrected chi connectivity index (χ1v) is 7.57. The van der Waals surface area contributed by atoms with Crippen LogP contribution in [0.2, 0.25) is 0 Å². The summed E-state index contributed by atoms with van der Waals surface area (Å²) in [7, 11) is 0. The molecule has 0 aromatic carbocycles. The van der Waals surface area contributed by atoms with Gasteiger partial charge in [-0.1, -0.05) is 17.7 Å². The van der Waals surface area contributed by atoms with Gasteiger partial charge in [-0.25, -0.2) is 4.99 Å². The van der Waals surface area contributed by atoms with Gasteiger partial charge in [0.2, 0.25) is 0 Å². The van der Waals surface area contributed by atoms with E-state index in [1.54, 1.807) is 31.5 Å². The van der Waals surface area contributed by atoms with Crippen molar-refractivity contribution in [2.75, 3.05) is 19.7 Å². The fourth-order valence-electron chi connectivity index (χ4n) is 2.15. The Morgan fingerprint density at radius 1 is 1.54 bits per heavy atom. The second-order valence-corrected chi connectivity index (χ2v) is 5.70. The molecule has 0 amide bonds. The van der Waals surface area contributed by atoms with E-state index in [2.05, 4.69) is 15.6 Å². The smallest absolute Gasteiger partial charge is 0.422 e. The van der Waals surface area contributed by atoms with Gasteiger partial charge >= 0.3 is 6.18 Å². The second kappa shape index (κ2) is 7.76. The standard InChI is InChI=1S/C15H18ClF3N4O/c1-9-4-10(6-23-14(9)24-8-15(17,18)19)5-21-7-11-12(20)2-3-22-13(11)16/h2-4,7,12,21,23H,5-6,8,20H2,1H3/b11-7+. The predicted molar refractivity (Wildman–Crippen MR) is 87.3 cm³/mol. The molecule has 2 aliphatic heterocycles. The largest absolute Gasteiger partial charge is 0.469 e. The first kappa shape index (κ1) is 18.4. The van der Waals surface area contributed by atoms with Gasteiger partial charge in [-0.15, -0.1) is 0 Å². The number of ether oxygens (including phenoxy) is 1. The van der Waals surface area contributed by atoms with Gasteiger partial charge in [-0.2, -0.15) is 13.2 Å². The Labute approximate surface area is 142 Å². The van der Waals surface area contributed by atoms with Crippen LogP contribution in [0.25, 0.3) is 0 Å². The van der Waals surface area contributed by atoms with E-state index < -0.39 is 12.8 Å². The number of nitrogens with one attached hydrogen (secondary N) is 2. The maximum atomic E-state index is 12.2. The van der Waals surface area contributed by atoms with E-state index >= 15 is 0 Å². The third-order valence-electron chi connectivity index (χ3n) is 3.30. The molecule has 1 unspecified atom stereocenters. The first-order valence-electron chi connectivity index (χ1n) is 7.19. The van der Waals surface area contributed by atoms with Crippen molar-refractivity contribution in [2.24, 2.45) is 10.7 Å². The maximum absolute atomic E-state index is 12.2. The van der Waals surface area contributed by atoms with E-state index in [1.807, 2.05) is 0 Å². The van der Waals surface area contributed by atoms with E-state index in [0.717, 1.165) is 5.57 Å². The molecule has 0 saturated carbocycles. The van der Waals surface area contributed by atoms with Crippen LogP contribution in [0.15, 0.2) is 52.1 Å². The highest BCUT2D eigenvalue weighted by molar-refractivity contribution is 6.70. The fraction of sp³-hybridized carbons (Fsp3) is 0.400. The van der Waals surface area contributed by atoms with Crippen LogP contribution < -0.4 is 16.4 Å². The number of halogens is 4. The zero-order valence-corrected chi connectivity index (χ0v) is 13.7. The average molecular weight is 363 g/mol. The lowest BCUT2D eigenvalue weighted by atomic mass is 10.1. The van der Waals surface area contributed by atoms with Gasteiger partial charge in [0.25, 0.3) is 0 Å². The van der Waals surface area contributed by atoms with Gasteiger partial charge in [0.1, 0.15) is 5.17 Å². The molecule has 0 bridgehead atoms. The molecule has 0 aromatic rings. The number of nitrogens with zero attached hydrogens (tertiary/aromatic N) is 1. The van der Waals surface area contributed by atoms with E-state index in [9.17, 15) is 13.2 Å². The summed E-state index contributed by atoms with van der Waals surface area (Å²) in [5.41, 5.74) is 8.12. The third-order valence-corrected chi connectivity index (χ3v) is 3.62. The Morgan fingerprint density at radius 3 is 2.92 bits per heavy atom. The first-order chi connectivity index (χ1) is 11.3. The highest BCUT2D eigenvalue weighted by Crippen LogP contribution is 2.19. The van der Waals surface area contributed by atoms with Crippen molar-refractivity contribution in [3.05, 3.63) is 47.2 Å². The van der Waals surface area contributed by atoms with Crippen LogP contribution in [0.1, 0.15) is 6.92 Å². The molecular weight excluding hydrogens is 345 g/mol. The van der Waals surface area contributed by atoms with Crippen molar-refractivity contribution in [2.45, 2.75) is 19.1 Å². The molecule has 0 aromatic heterocycles. The Hall–Kier alpha value is -1.93. The fourth-order valence-corrected chi connectivity index (χ4v) is 2.39. The quantitative estimate of drug-likeness (QED) is 0.701. The van der Waals surface area contributed by atoms with Crippen molar-refractivity contribution < 1.29 is 17.9 Å². The van der Waals surface area contributed by atoms with Gasteiger partial charge < -0.3 is 21.1 Å². The Morgan fingerprint density at radius 2 is 2.29 bits per heavy atom. The lowest BCUT2D eigenvalue weighted by molar-refractivity contribution is -0.166. The molecule has 24 heavy (non-hydrogen) atoms. The van der Waals surface area contributed by atoms with Gasteiger partial charge in [0, 0.05) is 36.6 Å². The molecule has 0 spiro atoms. The molecule has 0 fully saturated rings. The Balaban J connectivity index is 1.91. The van der Waals surface area contributed by atoms with E-state index in [-0.39, 0.29) is 11.9 Å². The van der Waals surface area contributed by atoms with Crippen LogP contribution in [-0.4, -0.2) is 37.1 Å². The lowest BCUT2D eigenvalue weighted by Gasteiger charge is -2.22. The van der Waals surface area contributed by atoms with Crippen LogP contribution in [-0.2, 0) is 4.74 Å². The summed E-state index contributed by atoms with van der Waals surface area (Å²) < 4.78 is 41.3. The molecule has 2 rings (SSSR count). The Bertz CT molecular complexity index is 635. The highest BCUT2D eigenvalue weighted by atomic mass is 35.5. The molecular formula is C15H18ClF3N4O. The molecule has 9 heteroatoms. The van der Waals surface area contributed by atoms with Crippen molar-refractivity contribution in [3.63, 3.8) is 0 Å². The van der Waals surface area contributed by atoms with Gasteiger partial charge in [0.15, 0.2) is 12.5 Å². The van der Waals surface area contributed by atoms with Crippen molar-refractivity contribution in [3.8, 4) is 0 Å². The SMILES string of the molecule is CC1=C(OCC(F)(F)F)NCC(CN/C=C2/C(Cl)=NC=CC2N)=C1. The van der Waals surface area contributed by atoms with Gasteiger partial charge in [-0.05, 0) is 18.6 Å². The summed E-state index contributed by atoms with van der Waals surface area (Å²) in [6.07, 6.45) is 2.38. The van der Waals surface area contributed by atoms with Crippen LogP contribution in [0, 0.1) is 0 Å². The zero-order chi connectivity index (χ0) is 17.7. The third kappa shape index (κ3) is 5.31. The molecule has 0 radical (unpaired) electrons. The summed E-state index contributed by atoms with van der Waals surface area (Å²) in [6, 6.07) is -0.329. The summed E-state index contributed by atoms with van der Waals surface area (Å²) in [5, 5.41) is 6.25. The number of hydrogen-bond donors (Lipinski definition) is 3. The molecule has 0 saturated heterocycles. The molecule has 2 aliphatic rings. The van der Waals surface area contributed by atoms with Gasteiger partial charge in [0.05, 0.1) is 6.04 Å². The van der Waals surface area contributed by atoms with Crippen LogP contribution in [0.5, 0.6) is 0 Å². The second-order valence-electron chi connectivity index (χ2n) is 5.34. The van der Waals surface area contributed by atoms with Crippen LogP contribution >= 0.6 is 11.6 Å². The minimum absolute atomic E-state index is 0.143. The molecule has 4 N–H and O–H groups in total. The molecule has 0 aliphatic carbocycles. The summed E-state index contributed by atoms with van der Waals surface area (Å²) in [6.45, 7) is 1.24. The molecule has 1 atom stereocenters. The maximum Gasteiger partial charge on any atom is 0.422 e. The number of allylic oxidation sites excluding steroid dienone is 2. The molecule has 132 valence electrons. The average Bonchev–Trinajstić information content (AvgIpc) is 2.48. The highest BCUT2D eigenvalue weighted by Gasteiger charge is 2.29. The van der Waals surface area contributed by atoms with Crippen molar-refractivity contribution >= 4 is 16.8 Å². The normalized spacial score (nSPS) is 22.9. The number of rotatable bonds is 5. The van der Waals surface area contributed by atoms with Crippen LogP contribution in [0.4, 0.5) is 13.2 Å². The summed E-state index contributed by atoms with van der Waals surface area (Å²) in [5.74, 6) is 0.143. The summed E-state index contributed by atoms with van der Waals surface area (Å²) in [4.78, 5) is 3.96. The summed E-state index contributed by atoms with van der Waals surface area (Å²) >= 11 is 5.98. The van der Waals surface area contributed by atoms with Crippen molar-refractivity contribution in [1.82, 2.24) is 10.6 Å². The van der Waals surface area contributed by atoms with Crippen molar-refractivity contribution in [1.29, 1.82) is 0 Å². The minimum Gasteiger partial charge on any atom is -0.469 e. The number of hydrogen-bond acceptors (Lipinski definition) is 5. The number of nitrogens with two attached hydrogens (primary N) is 1. The lowest BCUT2D eigenvalue weighted by Crippen LogP contribution is -2.30.